The summed E-state index contributed by atoms with van der Waals surface area (Å²) in [5, 5.41) is 11.1. The first-order valence-corrected chi connectivity index (χ1v) is 9.18. The fourth-order valence-electron chi connectivity index (χ4n) is 3.28. The molecule has 1 saturated heterocycles. The molecule has 140 valence electrons. The second-order valence-electron chi connectivity index (χ2n) is 7.05. The molecule has 26 heavy (non-hydrogen) atoms. The first-order valence-electron chi connectivity index (χ1n) is 9.18. The smallest absolute Gasteiger partial charge is 0.221 e. The predicted octanol–water partition coefficient (Wildman–Crippen LogP) is 0.773. The van der Waals surface area contributed by atoms with Crippen LogP contribution in [0.2, 0.25) is 0 Å². The van der Waals surface area contributed by atoms with Crippen LogP contribution in [0.15, 0.2) is 36.7 Å². The predicted molar refractivity (Wildman–Crippen MR) is 101 cm³/mol. The maximum atomic E-state index is 12.3. The van der Waals surface area contributed by atoms with Crippen molar-refractivity contribution in [1.82, 2.24) is 29.9 Å². The molecule has 2 aromatic rings. The van der Waals surface area contributed by atoms with Gasteiger partial charge in [0.2, 0.25) is 5.91 Å². The molecule has 0 spiro atoms. The second kappa shape index (κ2) is 8.91. The Morgan fingerprint density at radius 1 is 1.23 bits per heavy atom. The van der Waals surface area contributed by atoms with Crippen molar-refractivity contribution in [1.29, 1.82) is 0 Å². The van der Waals surface area contributed by atoms with Gasteiger partial charge in [0.25, 0.3) is 0 Å². The third-order valence-electron chi connectivity index (χ3n) is 5.02. The van der Waals surface area contributed by atoms with E-state index in [9.17, 15) is 4.79 Å². The fraction of sp³-hybridized carbons (Fsp3) is 0.526. The monoisotopic (exact) mass is 356 g/mol. The van der Waals surface area contributed by atoms with E-state index < -0.39 is 0 Å². The van der Waals surface area contributed by atoms with Gasteiger partial charge in [-0.05, 0) is 26.1 Å². The Kier molecular flexibility index (Phi) is 6.35. The molecule has 1 unspecified atom stereocenters. The summed E-state index contributed by atoms with van der Waals surface area (Å²) in [5.41, 5.74) is 1.28. The molecule has 1 N–H and O–H groups in total. The molecule has 0 saturated carbocycles. The molecule has 1 fully saturated rings. The van der Waals surface area contributed by atoms with Gasteiger partial charge in [0.05, 0.1) is 6.54 Å². The van der Waals surface area contributed by atoms with Crippen molar-refractivity contribution in [2.45, 2.75) is 32.0 Å². The van der Waals surface area contributed by atoms with Gasteiger partial charge in [-0.15, -0.1) is 10.2 Å². The number of carbonyl (C=O) groups excluding carboxylic acids is 1. The lowest BCUT2D eigenvalue weighted by Crippen LogP contribution is -2.51. The van der Waals surface area contributed by atoms with Gasteiger partial charge in [0.15, 0.2) is 5.82 Å². The summed E-state index contributed by atoms with van der Waals surface area (Å²) in [7, 11) is 4.19. The third-order valence-corrected chi connectivity index (χ3v) is 5.02. The molecule has 1 aliphatic heterocycles. The van der Waals surface area contributed by atoms with Gasteiger partial charge < -0.3 is 19.7 Å². The molecule has 7 nitrogen and oxygen atoms in total. The van der Waals surface area contributed by atoms with Crippen molar-refractivity contribution < 1.29 is 4.79 Å². The number of hydrogen-bond donors (Lipinski definition) is 1. The number of likely N-dealkylation sites (N-methyl/N-ethyl adjacent to an activating group) is 2. The molecular formula is C19H28N6O. The van der Waals surface area contributed by atoms with E-state index in [1.807, 2.05) is 22.8 Å². The third kappa shape index (κ3) is 5.12. The SMILES string of the molecule is CN1CCN(C)C(CC(=O)NCc2nncn2CCc2ccccc2)C1. The van der Waals surface area contributed by atoms with E-state index >= 15 is 0 Å². The molecule has 1 aromatic heterocycles. The number of nitrogens with one attached hydrogen (secondary N) is 1. The van der Waals surface area contributed by atoms with Crippen LogP contribution in [0.3, 0.4) is 0 Å². The molecule has 1 aliphatic rings. The van der Waals surface area contributed by atoms with Crippen LogP contribution in [0.1, 0.15) is 17.8 Å². The van der Waals surface area contributed by atoms with Crippen molar-refractivity contribution >= 4 is 5.91 Å². The molecule has 1 aromatic carbocycles. The molecule has 7 heteroatoms. The van der Waals surface area contributed by atoms with E-state index in [2.05, 4.69) is 51.5 Å². The average Bonchev–Trinajstić information content (AvgIpc) is 3.10. The Bertz CT molecular complexity index is 701. The Balaban J connectivity index is 1.47. The van der Waals surface area contributed by atoms with Gasteiger partial charge in [-0.1, -0.05) is 30.3 Å². The molecule has 0 bridgehead atoms. The summed E-state index contributed by atoms with van der Waals surface area (Å²) in [4.78, 5) is 16.9. The standard InChI is InChI=1S/C19H28N6O/c1-23-10-11-24(2)17(14-23)12-19(26)20-13-18-22-21-15-25(18)9-8-16-6-4-3-5-7-16/h3-7,15,17H,8-14H2,1-2H3,(H,20,26). The van der Waals surface area contributed by atoms with Crippen molar-refractivity contribution in [3.63, 3.8) is 0 Å². The number of piperazine rings is 1. The summed E-state index contributed by atoms with van der Waals surface area (Å²) >= 11 is 0. The highest BCUT2D eigenvalue weighted by Crippen LogP contribution is 2.09. The maximum Gasteiger partial charge on any atom is 0.221 e. The van der Waals surface area contributed by atoms with E-state index in [4.69, 9.17) is 0 Å². The van der Waals surface area contributed by atoms with Crippen LogP contribution >= 0.6 is 0 Å². The molecule has 0 radical (unpaired) electrons. The number of rotatable bonds is 7. The van der Waals surface area contributed by atoms with Crippen LogP contribution in [-0.2, 0) is 24.3 Å². The molecule has 3 rings (SSSR count). The van der Waals surface area contributed by atoms with E-state index in [1.165, 1.54) is 5.56 Å². The number of benzene rings is 1. The minimum Gasteiger partial charge on any atom is -0.349 e. The van der Waals surface area contributed by atoms with Crippen LogP contribution in [0.25, 0.3) is 0 Å². The lowest BCUT2D eigenvalue weighted by atomic mass is 10.1. The normalized spacial score (nSPS) is 18.8. The number of hydrogen-bond acceptors (Lipinski definition) is 5. The Morgan fingerprint density at radius 3 is 2.85 bits per heavy atom. The zero-order valence-electron chi connectivity index (χ0n) is 15.6. The largest absolute Gasteiger partial charge is 0.349 e. The van der Waals surface area contributed by atoms with E-state index in [0.717, 1.165) is 38.4 Å². The lowest BCUT2D eigenvalue weighted by molar-refractivity contribution is -0.122. The second-order valence-corrected chi connectivity index (χ2v) is 7.05. The summed E-state index contributed by atoms with van der Waals surface area (Å²) in [5.74, 6) is 0.859. The minimum absolute atomic E-state index is 0.0646. The summed E-state index contributed by atoms with van der Waals surface area (Å²) in [6.07, 6.45) is 3.16. The number of aromatic nitrogens is 3. The molecule has 0 aliphatic carbocycles. The van der Waals surface area contributed by atoms with Gasteiger partial charge in [0.1, 0.15) is 6.33 Å². The van der Waals surface area contributed by atoms with Crippen LogP contribution in [0.4, 0.5) is 0 Å². The van der Waals surface area contributed by atoms with Crippen molar-refractivity contribution in [3.8, 4) is 0 Å². The summed E-state index contributed by atoms with van der Waals surface area (Å²) < 4.78 is 2.01. The summed E-state index contributed by atoms with van der Waals surface area (Å²) in [6.45, 7) is 4.21. The maximum absolute atomic E-state index is 12.3. The van der Waals surface area contributed by atoms with E-state index in [1.54, 1.807) is 6.33 Å². The number of carbonyl (C=O) groups is 1. The van der Waals surface area contributed by atoms with E-state index in [0.29, 0.717) is 13.0 Å². The first-order chi connectivity index (χ1) is 12.6. The van der Waals surface area contributed by atoms with Gasteiger partial charge in [-0.25, -0.2) is 0 Å². The molecular weight excluding hydrogens is 328 g/mol. The Hall–Kier alpha value is -2.25. The van der Waals surface area contributed by atoms with Crippen molar-refractivity contribution in [3.05, 3.63) is 48.0 Å². The number of nitrogens with zero attached hydrogens (tertiary/aromatic N) is 5. The van der Waals surface area contributed by atoms with Gasteiger partial charge >= 0.3 is 0 Å². The lowest BCUT2D eigenvalue weighted by Gasteiger charge is -2.37. The Labute approximate surface area is 155 Å². The van der Waals surface area contributed by atoms with Crippen LogP contribution in [0.5, 0.6) is 0 Å². The van der Waals surface area contributed by atoms with E-state index in [-0.39, 0.29) is 11.9 Å². The molecule has 2 heterocycles. The Morgan fingerprint density at radius 2 is 2.04 bits per heavy atom. The van der Waals surface area contributed by atoms with Gasteiger partial charge in [-0.2, -0.15) is 0 Å². The number of amides is 1. The molecule has 1 atom stereocenters. The quantitative estimate of drug-likeness (QED) is 0.794. The highest BCUT2D eigenvalue weighted by atomic mass is 16.1. The zero-order valence-corrected chi connectivity index (χ0v) is 15.6. The topological polar surface area (TPSA) is 66.3 Å². The van der Waals surface area contributed by atoms with Gasteiger partial charge in [0, 0.05) is 38.6 Å². The highest BCUT2D eigenvalue weighted by Gasteiger charge is 2.24. The van der Waals surface area contributed by atoms with Crippen LogP contribution in [-0.4, -0.2) is 70.2 Å². The minimum atomic E-state index is 0.0646. The van der Waals surface area contributed by atoms with Crippen LogP contribution < -0.4 is 5.32 Å². The van der Waals surface area contributed by atoms with Crippen molar-refractivity contribution in [2.24, 2.45) is 0 Å². The summed E-state index contributed by atoms with van der Waals surface area (Å²) in [6, 6.07) is 10.6. The van der Waals surface area contributed by atoms with Crippen molar-refractivity contribution in [2.75, 3.05) is 33.7 Å². The first kappa shape index (κ1) is 18.5. The molecule has 1 amide bonds. The van der Waals surface area contributed by atoms with Gasteiger partial charge in [-0.3, -0.25) is 4.79 Å². The van der Waals surface area contributed by atoms with Crippen LogP contribution in [0, 0.1) is 0 Å². The highest BCUT2D eigenvalue weighted by molar-refractivity contribution is 5.76. The average molecular weight is 356 g/mol. The zero-order chi connectivity index (χ0) is 18.4. The number of aryl methyl sites for hydroxylation is 2. The fourth-order valence-corrected chi connectivity index (χ4v) is 3.28.